The average molecular weight is 357 g/mol. The standard InChI is InChI=1S/C21H25ClN2O/c1-2-23-14-15-24(16-20(23)18-6-4-3-5-7-18)21(25)13-10-17-8-11-19(22)12-9-17/h3-9,11-12,20H,2,10,13-16H2,1H3. The third kappa shape index (κ3) is 4.62. The summed E-state index contributed by atoms with van der Waals surface area (Å²) in [5.41, 5.74) is 2.45. The van der Waals surface area contributed by atoms with Crippen LogP contribution in [0.3, 0.4) is 0 Å². The van der Waals surface area contributed by atoms with Crippen LogP contribution in [0.25, 0.3) is 0 Å². The second-order valence-electron chi connectivity index (χ2n) is 6.52. The highest BCUT2D eigenvalue weighted by molar-refractivity contribution is 6.30. The summed E-state index contributed by atoms with van der Waals surface area (Å²) in [6.07, 6.45) is 1.31. The van der Waals surface area contributed by atoms with Gasteiger partial charge in [-0.1, -0.05) is 61.0 Å². The SMILES string of the molecule is CCN1CCN(C(=O)CCc2ccc(Cl)cc2)CC1c1ccccc1. The van der Waals surface area contributed by atoms with Gasteiger partial charge in [-0.25, -0.2) is 0 Å². The number of piperazine rings is 1. The number of nitrogens with zero attached hydrogens (tertiary/aromatic N) is 2. The van der Waals surface area contributed by atoms with Gasteiger partial charge in [0.1, 0.15) is 0 Å². The molecule has 1 aliphatic heterocycles. The molecule has 0 bridgehead atoms. The molecule has 0 aliphatic carbocycles. The largest absolute Gasteiger partial charge is 0.339 e. The monoisotopic (exact) mass is 356 g/mol. The molecule has 1 heterocycles. The molecule has 2 aromatic carbocycles. The molecule has 1 saturated heterocycles. The topological polar surface area (TPSA) is 23.6 Å². The first-order chi connectivity index (χ1) is 12.2. The molecule has 1 amide bonds. The van der Waals surface area contributed by atoms with Crippen molar-refractivity contribution in [3.8, 4) is 0 Å². The lowest BCUT2D eigenvalue weighted by molar-refractivity contribution is -0.134. The fourth-order valence-electron chi connectivity index (χ4n) is 3.48. The first kappa shape index (κ1) is 18.0. The van der Waals surface area contributed by atoms with Gasteiger partial charge in [0.15, 0.2) is 0 Å². The van der Waals surface area contributed by atoms with E-state index in [1.807, 2.05) is 35.2 Å². The minimum Gasteiger partial charge on any atom is -0.339 e. The van der Waals surface area contributed by atoms with E-state index in [1.165, 1.54) is 5.56 Å². The summed E-state index contributed by atoms with van der Waals surface area (Å²) >= 11 is 5.92. The summed E-state index contributed by atoms with van der Waals surface area (Å²) in [5, 5.41) is 0.733. The van der Waals surface area contributed by atoms with Crippen LogP contribution in [0, 0.1) is 0 Å². The number of hydrogen-bond donors (Lipinski definition) is 0. The van der Waals surface area contributed by atoms with Crippen LogP contribution >= 0.6 is 11.6 Å². The number of likely N-dealkylation sites (N-methyl/N-ethyl adjacent to an activating group) is 1. The lowest BCUT2D eigenvalue weighted by atomic mass is 10.0. The minimum atomic E-state index is 0.242. The fraction of sp³-hybridized carbons (Fsp3) is 0.381. The number of rotatable bonds is 5. The van der Waals surface area contributed by atoms with Crippen LogP contribution in [0.2, 0.25) is 5.02 Å². The van der Waals surface area contributed by atoms with Gasteiger partial charge < -0.3 is 4.90 Å². The van der Waals surface area contributed by atoms with Gasteiger partial charge in [-0.05, 0) is 36.2 Å². The quantitative estimate of drug-likeness (QED) is 0.802. The van der Waals surface area contributed by atoms with Crippen molar-refractivity contribution in [2.24, 2.45) is 0 Å². The Balaban J connectivity index is 1.62. The van der Waals surface area contributed by atoms with Crippen LogP contribution in [0.15, 0.2) is 54.6 Å². The maximum absolute atomic E-state index is 12.7. The van der Waals surface area contributed by atoms with E-state index in [2.05, 4.69) is 36.1 Å². The number of carbonyl (C=O) groups is 1. The Bertz CT molecular complexity index is 687. The molecule has 2 aromatic rings. The first-order valence-electron chi connectivity index (χ1n) is 8.98. The first-order valence-corrected chi connectivity index (χ1v) is 9.36. The van der Waals surface area contributed by atoms with Crippen LogP contribution < -0.4 is 0 Å². The van der Waals surface area contributed by atoms with E-state index in [9.17, 15) is 4.79 Å². The molecular formula is C21H25ClN2O. The van der Waals surface area contributed by atoms with E-state index in [0.717, 1.165) is 43.2 Å². The van der Waals surface area contributed by atoms with Crippen molar-refractivity contribution in [3.63, 3.8) is 0 Å². The molecule has 1 unspecified atom stereocenters. The maximum atomic E-state index is 12.7. The van der Waals surface area contributed by atoms with E-state index in [1.54, 1.807) is 0 Å². The van der Waals surface area contributed by atoms with Gasteiger partial charge >= 0.3 is 0 Å². The number of benzene rings is 2. The summed E-state index contributed by atoms with van der Waals surface area (Å²) in [4.78, 5) is 17.2. The second-order valence-corrected chi connectivity index (χ2v) is 6.96. The molecule has 132 valence electrons. The second kappa shape index (κ2) is 8.50. The molecule has 0 N–H and O–H groups in total. The maximum Gasteiger partial charge on any atom is 0.223 e. The van der Waals surface area contributed by atoms with Crippen LogP contribution in [0.5, 0.6) is 0 Å². The van der Waals surface area contributed by atoms with Crippen molar-refractivity contribution in [2.45, 2.75) is 25.8 Å². The van der Waals surface area contributed by atoms with Gasteiger partial charge in [0.05, 0.1) is 6.04 Å². The zero-order valence-electron chi connectivity index (χ0n) is 14.7. The third-order valence-corrected chi connectivity index (χ3v) is 5.23. The number of amides is 1. The van der Waals surface area contributed by atoms with Gasteiger partial charge in [-0.3, -0.25) is 9.69 Å². The van der Waals surface area contributed by atoms with E-state index < -0.39 is 0 Å². The molecule has 0 saturated carbocycles. The molecule has 1 aliphatic rings. The average Bonchev–Trinajstić information content (AvgIpc) is 2.67. The Hall–Kier alpha value is -1.84. The van der Waals surface area contributed by atoms with Gasteiger partial charge in [0, 0.05) is 31.1 Å². The zero-order valence-corrected chi connectivity index (χ0v) is 15.5. The van der Waals surface area contributed by atoms with Crippen molar-refractivity contribution >= 4 is 17.5 Å². The molecule has 1 atom stereocenters. The molecule has 1 fully saturated rings. The third-order valence-electron chi connectivity index (χ3n) is 4.98. The van der Waals surface area contributed by atoms with Gasteiger partial charge in [0.25, 0.3) is 0 Å². The van der Waals surface area contributed by atoms with Gasteiger partial charge in [-0.15, -0.1) is 0 Å². The Kier molecular flexibility index (Phi) is 6.11. The summed E-state index contributed by atoms with van der Waals surface area (Å²) in [5.74, 6) is 0.242. The zero-order chi connectivity index (χ0) is 17.6. The molecule has 3 nitrogen and oxygen atoms in total. The smallest absolute Gasteiger partial charge is 0.223 e. The summed E-state index contributed by atoms with van der Waals surface area (Å²) < 4.78 is 0. The highest BCUT2D eigenvalue weighted by Crippen LogP contribution is 2.25. The minimum absolute atomic E-state index is 0.242. The predicted octanol–water partition coefficient (Wildman–Crippen LogP) is 4.18. The fourth-order valence-corrected chi connectivity index (χ4v) is 3.60. The number of halogens is 1. The van der Waals surface area contributed by atoms with Crippen LogP contribution in [0.4, 0.5) is 0 Å². The predicted molar refractivity (Wildman–Crippen MR) is 103 cm³/mol. The Morgan fingerprint density at radius 2 is 1.80 bits per heavy atom. The van der Waals surface area contributed by atoms with Crippen LogP contribution in [0.1, 0.15) is 30.5 Å². The van der Waals surface area contributed by atoms with Crippen LogP contribution in [-0.4, -0.2) is 41.9 Å². The van der Waals surface area contributed by atoms with E-state index in [0.29, 0.717) is 12.5 Å². The highest BCUT2D eigenvalue weighted by Gasteiger charge is 2.29. The molecule has 0 aromatic heterocycles. The Morgan fingerprint density at radius 1 is 1.08 bits per heavy atom. The molecule has 3 rings (SSSR count). The summed E-state index contributed by atoms with van der Waals surface area (Å²) in [6, 6.07) is 18.6. The lowest BCUT2D eigenvalue weighted by Crippen LogP contribution is -2.50. The number of carbonyl (C=O) groups excluding carboxylic acids is 1. The van der Waals surface area contributed by atoms with E-state index >= 15 is 0 Å². The highest BCUT2D eigenvalue weighted by atomic mass is 35.5. The summed E-state index contributed by atoms with van der Waals surface area (Å²) in [7, 11) is 0. The molecule has 4 heteroatoms. The van der Waals surface area contributed by atoms with E-state index in [4.69, 9.17) is 11.6 Å². The van der Waals surface area contributed by atoms with Gasteiger partial charge in [-0.2, -0.15) is 0 Å². The number of aryl methyl sites for hydroxylation is 1. The Morgan fingerprint density at radius 3 is 2.48 bits per heavy atom. The van der Waals surface area contributed by atoms with Crippen molar-refractivity contribution in [3.05, 3.63) is 70.7 Å². The van der Waals surface area contributed by atoms with Gasteiger partial charge in [0.2, 0.25) is 5.91 Å². The van der Waals surface area contributed by atoms with E-state index in [-0.39, 0.29) is 5.91 Å². The van der Waals surface area contributed by atoms with Crippen LogP contribution in [-0.2, 0) is 11.2 Å². The normalized spacial score (nSPS) is 18.3. The van der Waals surface area contributed by atoms with Crippen molar-refractivity contribution < 1.29 is 4.79 Å². The summed E-state index contributed by atoms with van der Waals surface area (Å²) in [6.45, 7) is 5.72. The molecule has 0 spiro atoms. The lowest BCUT2D eigenvalue weighted by Gasteiger charge is -2.41. The molecule has 0 radical (unpaired) electrons. The van der Waals surface area contributed by atoms with Crippen molar-refractivity contribution in [1.82, 2.24) is 9.80 Å². The van der Waals surface area contributed by atoms with Crippen molar-refractivity contribution in [1.29, 1.82) is 0 Å². The number of hydrogen-bond acceptors (Lipinski definition) is 2. The van der Waals surface area contributed by atoms with Crippen molar-refractivity contribution in [2.75, 3.05) is 26.2 Å². The molecule has 25 heavy (non-hydrogen) atoms. The molecular weight excluding hydrogens is 332 g/mol. The Labute approximate surface area is 155 Å².